The van der Waals surface area contributed by atoms with Crippen LogP contribution in [0, 0.1) is 6.08 Å². The second-order valence-electron chi connectivity index (χ2n) is 5.37. The molecule has 0 unspecified atom stereocenters. The van der Waals surface area contributed by atoms with Crippen LogP contribution in [-0.4, -0.2) is 7.05 Å². The van der Waals surface area contributed by atoms with Crippen molar-refractivity contribution in [3.63, 3.8) is 0 Å². The smallest absolute Gasteiger partial charge is 1.00 e. The van der Waals surface area contributed by atoms with Crippen molar-refractivity contribution in [2.24, 2.45) is 0 Å². The number of benzene rings is 1. The standard InChI is InChI=1S/C13H21N.C5H5.2ClH.Ti/c1-9(2)11-7-6-8-12(10(3)4)13(11)14-5;1-2-4-5-3-1;;;/h6-10,14H,1-5H3;1-3H,4H2;2*1H;/q;-1;;;+3/p-2. The van der Waals surface area contributed by atoms with Crippen molar-refractivity contribution in [3.05, 3.63) is 53.6 Å². The van der Waals surface area contributed by atoms with Crippen LogP contribution >= 0.6 is 0 Å². The molecular weight excluding hydrogens is 349 g/mol. The van der Waals surface area contributed by atoms with Crippen LogP contribution in [0.3, 0.4) is 0 Å². The molecule has 1 aromatic carbocycles. The molecule has 0 bridgehead atoms. The van der Waals surface area contributed by atoms with Crippen molar-refractivity contribution in [2.75, 3.05) is 12.4 Å². The number of hydrogen-bond acceptors (Lipinski definition) is 1. The minimum atomic E-state index is 0. The third-order valence-corrected chi connectivity index (χ3v) is 3.21. The Morgan fingerprint density at radius 1 is 1.00 bits per heavy atom. The maximum atomic E-state index is 3.33. The number of hydrogen-bond donors (Lipinski definition) is 1. The van der Waals surface area contributed by atoms with E-state index in [0.717, 1.165) is 6.42 Å². The minimum absolute atomic E-state index is 0. The zero-order valence-corrected chi connectivity index (χ0v) is 17.2. The first-order chi connectivity index (χ1) is 9.07. The number of allylic oxidation sites excluding steroid dienone is 4. The maximum absolute atomic E-state index is 3.33. The predicted octanol–water partition coefficient (Wildman–Crippen LogP) is -0.714. The van der Waals surface area contributed by atoms with E-state index in [2.05, 4.69) is 63.4 Å². The first kappa shape index (κ1) is 26.7. The summed E-state index contributed by atoms with van der Waals surface area (Å²) in [4.78, 5) is 0. The number of halogens is 2. The fourth-order valence-electron chi connectivity index (χ4n) is 2.18. The Labute approximate surface area is 163 Å². The molecule has 1 aliphatic carbocycles. The largest absolute Gasteiger partial charge is 3.00 e. The van der Waals surface area contributed by atoms with Gasteiger partial charge in [-0.2, -0.15) is 6.08 Å². The summed E-state index contributed by atoms with van der Waals surface area (Å²) < 4.78 is 0. The molecule has 4 heteroatoms. The summed E-state index contributed by atoms with van der Waals surface area (Å²) >= 11 is 0. The topological polar surface area (TPSA) is 12.0 Å². The number of para-hydroxylation sites is 1. The van der Waals surface area contributed by atoms with Crippen LogP contribution in [0.4, 0.5) is 5.69 Å². The van der Waals surface area contributed by atoms with E-state index in [1.807, 2.05) is 19.2 Å². The molecule has 0 heterocycles. The average molecular weight is 375 g/mol. The zero-order chi connectivity index (χ0) is 14.3. The van der Waals surface area contributed by atoms with Crippen molar-refractivity contribution < 1.29 is 46.5 Å². The molecule has 0 amide bonds. The predicted molar refractivity (Wildman–Crippen MR) is 85.7 cm³/mol. The van der Waals surface area contributed by atoms with Crippen molar-refractivity contribution >= 4 is 5.69 Å². The zero-order valence-electron chi connectivity index (χ0n) is 14.1. The average Bonchev–Trinajstić information content (AvgIpc) is 2.96. The van der Waals surface area contributed by atoms with Gasteiger partial charge in [0.1, 0.15) is 0 Å². The molecule has 0 saturated heterocycles. The Kier molecular flexibility index (Phi) is 17.5. The number of nitrogens with one attached hydrogen (secondary N) is 1. The van der Waals surface area contributed by atoms with Crippen LogP contribution in [-0.2, 0) is 21.7 Å². The van der Waals surface area contributed by atoms with Gasteiger partial charge < -0.3 is 30.1 Å². The van der Waals surface area contributed by atoms with Gasteiger partial charge in [0.05, 0.1) is 0 Å². The van der Waals surface area contributed by atoms with E-state index >= 15 is 0 Å². The maximum Gasteiger partial charge on any atom is 3.00 e. The van der Waals surface area contributed by atoms with Crippen molar-refractivity contribution in [2.45, 2.75) is 46.0 Å². The quantitative estimate of drug-likeness (QED) is 0.544. The monoisotopic (exact) mass is 374 g/mol. The Balaban J connectivity index is -0.000000388. The van der Waals surface area contributed by atoms with E-state index in [9.17, 15) is 0 Å². The molecule has 0 atom stereocenters. The minimum Gasteiger partial charge on any atom is -1.00 e. The Morgan fingerprint density at radius 3 is 1.73 bits per heavy atom. The van der Waals surface area contributed by atoms with Gasteiger partial charge in [0.2, 0.25) is 0 Å². The van der Waals surface area contributed by atoms with E-state index in [-0.39, 0.29) is 46.5 Å². The molecule has 0 saturated carbocycles. The summed E-state index contributed by atoms with van der Waals surface area (Å²) in [5, 5.41) is 3.33. The molecule has 1 nitrogen and oxygen atoms in total. The summed E-state index contributed by atoms with van der Waals surface area (Å²) in [6.07, 6.45) is 10.0. The molecule has 121 valence electrons. The van der Waals surface area contributed by atoms with Crippen molar-refractivity contribution in [1.29, 1.82) is 0 Å². The van der Waals surface area contributed by atoms with Crippen LogP contribution in [0.2, 0.25) is 0 Å². The van der Waals surface area contributed by atoms with Gasteiger partial charge >= 0.3 is 21.7 Å². The Bertz CT molecular complexity index is 418. The molecule has 0 spiro atoms. The molecule has 0 fully saturated rings. The van der Waals surface area contributed by atoms with Crippen molar-refractivity contribution in [1.82, 2.24) is 0 Å². The first-order valence-corrected chi connectivity index (χ1v) is 7.10. The Hall–Kier alpha value is -0.206. The van der Waals surface area contributed by atoms with Gasteiger partial charge in [0.15, 0.2) is 0 Å². The number of rotatable bonds is 3. The third-order valence-electron chi connectivity index (χ3n) is 3.21. The van der Waals surface area contributed by atoms with E-state index in [4.69, 9.17) is 0 Å². The summed E-state index contributed by atoms with van der Waals surface area (Å²) in [6, 6.07) is 6.58. The number of anilines is 1. The van der Waals surface area contributed by atoms with E-state index in [0.29, 0.717) is 11.8 Å². The fourth-order valence-corrected chi connectivity index (χ4v) is 2.18. The normalized spacial score (nSPS) is 11.0. The van der Waals surface area contributed by atoms with E-state index in [1.54, 1.807) is 0 Å². The molecular formula is C18H26Cl2NTi. The first-order valence-electron chi connectivity index (χ1n) is 7.10. The van der Waals surface area contributed by atoms with Gasteiger partial charge in [-0.1, -0.05) is 45.9 Å². The van der Waals surface area contributed by atoms with Crippen molar-refractivity contribution in [3.8, 4) is 0 Å². The van der Waals surface area contributed by atoms with Crippen LogP contribution in [0.15, 0.2) is 36.4 Å². The molecule has 2 rings (SSSR count). The van der Waals surface area contributed by atoms with E-state index in [1.165, 1.54) is 16.8 Å². The molecule has 0 aromatic heterocycles. The van der Waals surface area contributed by atoms with E-state index < -0.39 is 0 Å². The molecule has 1 N–H and O–H groups in total. The summed E-state index contributed by atoms with van der Waals surface area (Å²) in [5.41, 5.74) is 4.15. The van der Waals surface area contributed by atoms with Crippen LogP contribution in [0.25, 0.3) is 0 Å². The second kappa shape index (κ2) is 14.4. The molecule has 1 radical (unpaired) electrons. The van der Waals surface area contributed by atoms with Crippen LogP contribution < -0.4 is 30.1 Å². The van der Waals surface area contributed by atoms with Gasteiger partial charge in [-0.25, -0.2) is 12.2 Å². The summed E-state index contributed by atoms with van der Waals surface area (Å²) in [7, 11) is 2.01. The molecule has 0 aliphatic heterocycles. The molecule has 1 aromatic rings. The van der Waals surface area contributed by atoms with Crippen LogP contribution in [0.5, 0.6) is 0 Å². The van der Waals surface area contributed by atoms with Gasteiger partial charge in [0.25, 0.3) is 0 Å². The van der Waals surface area contributed by atoms with Gasteiger partial charge in [-0.3, -0.25) is 6.08 Å². The molecule has 1 aliphatic rings. The fraction of sp³-hybridized carbons (Fsp3) is 0.444. The third kappa shape index (κ3) is 8.43. The Morgan fingerprint density at radius 2 is 1.50 bits per heavy atom. The van der Waals surface area contributed by atoms with Gasteiger partial charge in [-0.15, -0.1) is 6.42 Å². The van der Waals surface area contributed by atoms with Crippen LogP contribution in [0.1, 0.15) is 57.1 Å². The summed E-state index contributed by atoms with van der Waals surface area (Å²) in [5.74, 6) is 1.16. The van der Waals surface area contributed by atoms with Gasteiger partial charge in [0, 0.05) is 12.7 Å². The van der Waals surface area contributed by atoms with Gasteiger partial charge in [-0.05, 0) is 23.0 Å². The second-order valence-corrected chi connectivity index (χ2v) is 5.37. The summed E-state index contributed by atoms with van der Waals surface area (Å²) in [6.45, 7) is 8.95. The SMILES string of the molecule is CNc1c(C(C)C)cccc1C(C)C.[C-]1=CC=CC1.[Cl-].[Cl-].[Ti+3]. The molecule has 22 heavy (non-hydrogen) atoms.